The van der Waals surface area contributed by atoms with E-state index in [9.17, 15) is 0 Å². The van der Waals surface area contributed by atoms with Crippen molar-refractivity contribution in [3.05, 3.63) is 5.82 Å². The second-order valence-corrected chi connectivity index (χ2v) is 6.24. The molecule has 0 radical (unpaired) electrons. The predicted molar refractivity (Wildman–Crippen MR) is 66.2 cm³/mol. The van der Waals surface area contributed by atoms with Gasteiger partial charge in [0.2, 0.25) is 0 Å². The van der Waals surface area contributed by atoms with E-state index < -0.39 is 0 Å². The van der Waals surface area contributed by atoms with Crippen LogP contribution in [0.25, 0.3) is 0 Å². The summed E-state index contributed by atoms with van der Waals surface area (Å²) < 4.78 is 0. The van der Waals surface area contributed by atoms with Crippen molar-refractivity contribution in [2.45, 2.75) is 46.0 Å². The molecule has 1 aliphatic carbocycles. The Morgan fingerprint density at radius 1 is 1.24 bits per heavy atom. The Kier molecular flexibility index (Phi) is 3.21. The van der Waals surface area contributed by atoms with Crippen LogP contribution in [0.3, 0.4) is 0 Å². The molecule has 96 valence electrons. The first-order valence-corrected chi connectivity index (χ1v) is 6.38. The summed E-state index contributed by atoms with van der Waals surface area (Å²) in [5, 5.41) is 12.2. The molecule has 0 saturated heterocycles. The molecule has 1 heterocycles. The molecule has 1 aromatic heterocycles. The molecule has 0 spiro atoms. The van der Waals surface area contributed by atoms with E-state index in [1.807, 2.05) is 0 Å². The Balaban J connectivity index is 2.06. The number of hydrogen-bond donors (Lipinski definition) is 1. The maximum atomic E-state index is 6.00. The first-order valence-electron chi connectivity index (χ1n) is 6.38. The summed E-state index contributed by atoms with van der Waals surface area (Å²) in [4.78, 5) is 1.52. The molecule has 0 aromatic carbocycles. The second-order valence-electron chi connectivity index (χ2n) is 6.24. The molecule has 0 bridgehead atoms. The average molecular weight is 237 g/mol. The van der Waals surface area contributed by atoms with Gasteiger partial charge >= 0.3 is 0 Å². The highest BCUT2D eigenvalue weighted by atomic mass is 15.6. The van der Waals surface area contributed by atoms with Gasteiger partial charge in [0.15, 0.2) is 5.82 Å². The number of tetrazole rings is 1. The summed E-state index contributed by atoms with van der Waals surface area (Å²) in [5.41, 5.74) is 6.66. The van der Waals surface area contributed by atoms with Crippen molar-refractivity contribution in [2.75, 3.05) is 6.54 Å². The molecule has 5 nitrogen and oxygen atoms in total. The molecule has 2 rings (SSSR count). The Morgan fingerprint density at radius 2 is 1.88 bits per heavy atom. The van der Waals surface area contributed by atoms with Crippen LogP contribution >= 0.6 is 0 Å². The summed E-state index contributed by atoms with van der Waals surface area (Å²) in [5.74, 6) is 0.831. The number of aryl methyl sites for hydroxylation is 1. The summed E-state index contributed by atoms with van der Waals surface area (Å²) in [7, 11) is 1.80. The van der Waals surface area contributed by atoms with Crippen molar-refractivity contribution in [2.24, 2.45) is 23.6 Å². The van der Waals surface area contributed by atoms with Crippen LogP contribution in [0.2, 0.25) is 0 Å². The lowest BCUT2D eigenvalue weighted by molar-refractivity contribution is 0.106. The molecule has 17 heavy (non-hydrogen) atoms. The SMILES string of the molecule is Cn1nnc(CC2(CN)CCC(C)(C)CC2)n1. The van der Waals surface area contributed by atoms with E-state index in [1.54, 1.807) is 7.05 Å². The largest absolute Gasteiger partial charge is 0.330 e. The topological polar surface area (TPSA) is 69.6 Å². The smallest absolute Gasteiger partial charge is 0.175 e. The Morgan fingerprint density at radius 3 is 2.35 bits per heavy atom. The minimum atomic E-state index is 0.193. The molecular formula is C12H23N5. The van der Waals surface area contributed by atoms with E-state index in [1.165, 1.54) is 30.5 Å². The number of aromatic nitrogens is 4. The van der Waals surface area contributed by atoms with Gasteiger partial charge in [-0.25, -0.2) is 0 Å². The first-order chi connectivity index (χ1) is 7.95. The van der Waals surface area contributed by atoms with E-state index in [-0.39, 0.29) is 5.41 Å². The lowest BCUT2D eigenvalue weighted by atomic mass is 9.64. The van der Waals surface area contributed by atoms with Gasteiger partial charge < -0.3 is 5.73 Å². The highest BCUT2D eigenvalue weighted by Gasteiger charge is 2.38. The van der Waals surface area contributed by atoms with E-state index in [0.717, 1.165) is 18.8 Å². The van der Waals surface area contributed by atoms with Gasteiger partial charge in [-0.2, -0.15) is 4.80 Å². The second kappa shape index (κ2) is 4.37. The molecule has 0 atom stereocenters. The minimum Gasteiger partial charge on any atom is -0.330 e. The quantitative estimate of drug-likeness (QED) is 0.860. The van der Waals surface area contributed by atoms with Crippen molar-refractivity contribution < 1.29 is 0 Å². The fourth-order valence-corrected chi connectivity index (χ4v) is 2.64. The summed E-state index contributed by atoms with van der Waals surface area (Å²) in [6, 6.07) is 0. The number of nitrogens with zero attached hydrogens (tertiary/aromatic N) is 4. The average Bonchev–Trinajstić information content (AvgIpc) is 2.68. The fraction of sp³-hybridized carbons (Fsp3) is 0.917. The standard InChI is InChI=1S/C12H23N5/c1-11(2)4-6-12(9-13,7-5-11)8-10-14-16-17(3)15-10/h4-9,13H2,1-3H3. The molecule has 1 saturated carbocycles. The molecule has 0 aliphatic heterocycles. The van der Waals surface area contributed by atoms with Crippen molar-refractivity contribution in [1.82, 2.24) is 20.2 Å². The predicted octanol–water partition coefficient (Wildman–Crippen LogP) is 1.30. The van der Waals surface area contributed by atoms with Gasteiger partial charge in [-0.3, -0.25) is 0 Å². The normalized spacial score (nSPS) is 22.6. The lowest BCUT2D eigenvalue weighted by Crippen LogP contribution is -2.39. The zero-order chi connectivity index (χ0) is 12.5. The van der Waals surface area contributed by atoms with Gasteiger partial charge in [-0.05, 0) is 48.3 Å². The maximum absolute atomic E-state index is 6.00. The molecule has 5 heteroatoms. The third-order valence-corrected chi connectivity index (χ3v) is 4.18. The van der Waals surface area contributed by atoms with Gasteiger partial charge in [0.05, 0.1) is 7.05 Å². The lowest BCUT2D eigenvalue weighted by Gasteiger charge is -2.42. The first kappa shape index (κ1) is 12.5. The molecule has 1 aliphatic rings. The Hall–Kier alpha value is -0.970. The molecule has 2 N–H and O–H groups in total. The van der Waals surface area contributed by atoms with Crippen molar-refractivity contribution >= 4 is 0 Å². The molecule has 0 unspecified atom stereocenters. The van der Waals surface area contributed by atoms with Crippen LogP contribution in [0.5, 0.6) is 0 Å². The van der Waals surface area contributed by atoms with Gasteiger partial charge in [0, 0.05) is 6.42 Å². The molecule has 1 aromatic rings. The van der Waals surface area contributed by atoms with Crippen LogP contribution in [-0.4, -0.2) is 26.8 Å². The Labute approximate surface area is 103 Å². The van der Waals surface area contributed by atoms with Crippen LogP contribution in [0, 0.1) is 10.8 Å². The third kappa shape index (κ3) is 2.83. The zero-order valence-corrected chi connectivity index (χ0v) is 11.1. The summed E-state index contributed by atoms with van der Waals surface area (Å²) in [6.07, 6.45) is 5.70. The van der Waals surface area contributed by atoms with Crippen LogP contribution in [-0.2, 0) is 13.5 Å². The minimum absolute atomic E-state index is 0.193. The number of hydrogen-bond acceptors (Lipinski definition) is 4. The van der Waals surface area contributed by atoms with Gasteiger partial charge in [-0.15, -0.1) is 10.2 Å². The molecule has 0 amide bonds. The van der Waals surface area contributed by atoms with Crippen LogP contribution in [0.4, 0.5) is 0 Å². The van der Waals surface area contributed by atoms with Gasteiger partial charge in [0.25, 0.3) is 0 Å². The van der Waals surface area contributed by atoms with Gasteiger partial charge in [-0.1, -0.05) is 13.8 Å². The van der Waals surface area contributed by atoms with Crippen molar-refractivity contribution in [3.8, 4) is 0 Å². The Bertz CT molecular complexity index is 372. The maximum Gasteiger partial charge on any atom is 0.175 e. The monoisotopic (exact) mass is 237 g/mol. The van der Waals surface area contributed by atoms with Crippen LogP contribution in [0.15, 0.2) is 0 Å². The highest BCUT2D eigenvalue weighted by molar-refractivity contribution is 4.96. The molecular weight excluding hydrogens is 214 g/mol. The van der Waals surface area contributed by atoms with Crippen LogP contribution < -0.4 is 5.73 Å². The third-order valence-electron chi connectivity index (χ3n) is 4.18. The number of nitrogens with two attached hydrogens (primary N) is 1. The van der Waals surface area contributed by atoms with E-state index in [0.29, 0.717) is 5.41 Å². The zero-order valence-electron chi connectivity index (χ0n) is 11.1. The van der Waals surface area contributed by atoms with E-state index >= 15 is 0 Å². The summed E-state index contributed by atoms with van der Waals surface area (Å²) in [6.45, 7) is 5.41. The van der Waals surface area contributed by atoms with Crippen molar-refractivity contribution in [3.63, 3.8) is 0 Å². The van der Waals surface area contributed by atoms with Gasteiger partial charge in [0.1, 0.15) is 0 Å². The number of rotatable bonds is 3. The highest BCUT2D eigenvalue weighted by Crippen LogP contribution is 2.45. The van der Waals surface area contributed by atoms with Crippen LogP contribution in [0.1, 0.15) is 45.4 Å². The molecule has 1 fully saturated rings. The van der Waals surface area contributed by atoms with Crippen molar-refractivity contribution in [1.29, 1.82) is 0 Å². The summed E-state index contributed by atoms with van der Waals surface area (Å²) >= 11 is 0. The fourth-order valence-electron chi connectivity index (χ4n) is 2.64. The van der Waals surface area contributed by atoms with E-state index in [4.69, 9.17) is 5.73 Å². The van der Waals surface area contributed by atoms with E-state index in [2.05, 4.69) is 29.3 Å².